The minimum absolute atomic E-state index is 0.0294. The Morgan fingerprint density at radius 1 is 1.36 bits per heavy atom. The van der Waals surface area contributed by atoms with E-state index in [1.165, 1.54) is 17.0 Å². The second kappa shape index (κ2) is 6.51. The fourth-order valence-electron chi connectivity index (χ4n) is 3.08. The Hall–Kier alpha value is -2.35. The highest BCUT2D eigenvalue weighted by Gasteiger charge is 2.36. The van der Waals surface area contributed by atoms with Crippen LogP contribution >= 0.6 is 0 Å². The zero-order chi connectivity index (χ0) is 18.2. The number of carbonyl (C=O) groups is 1. The van der Waals surface area contributed by atoms with E-state index in [1.807, 2.05) is 13.0 Å². The van der Waals surface area contributed by atoms with Crippen LogP contribution in [0.5, 0.6) is 0 Å². The van der Waals surface area contributed by atoms with Crippen LogP contribution in [0.15, 0.2) is 30.3 Å². The van der Waals surface area contributed by atoms with Crippen molar-refractivity contribution >= 4 is 5.91 Å². The van der Waals surface area contributed by atoms with E-state index >= 15 is 0 Å². The number of carbonyl (C=O) groups excluding carboxylic acids is 1. The van der Waals surface area contributed by atoms with Crippen LogP contribution in [-0.2, 0) is 12.6 Å². The smallest absolute Gasteiger partial charge is 0.391 e. The Labute approximate surface area is 142 Å². The summed E-state index contributed by atoms with van der Waals surface area (Å²) in [6, 6.07) is 6.21. The molecule has 0 radical (unpaired) electrons. The van der Waals surface area contributed by atoms with Crippen LogP contribution in [0.4, 0.5) is 13.2 Å². The average Bonchev–Trinajstić information content (AvgIpc) is 3.12. The van der Waals surface area contributed by atoms with Gasteiger partial charge in [-0.3, -0.25) is 9.89 Å². The van der Waals surface area contributed by atoms with Gasteiger partial charge in [0.25, 0.3) is 5.91 Å². The minimum Gasteiger partial charge on any atom is -0.391 e. The van der Waals surface area contributed by atoms with E-state index in [9.17, 15) is 23.1 Å². The van der Waals surface area contributed by atoms with Gasteiger partial charge in [0.1, 0.15) is 0 Å². The molecule has 8 heteroatoms. The lowest BCUT2D eigenvalue weighted by Crippen LogP contribution is -2.29. The van der Waals surface area contributed by atoms with Gasteiger partial charge in [-0.2, -0.15) is 18.3 Å². The van der Waals surface area contributed by atoms with Crippen molar-refractivity contribution in [2.24, 2.45) is 5.92 Å². The summed E-state index contributed by atoms with van der Waals surface area (Å²) in [5, 5.41) is 17.1. The van der Waals surface area contributed by atoms with Crippen LogP contribution in [0.2, 0.25) is 0 Å². The molecule has 25 heavy (non-hydrogen) atoms. The molecule has 1 aromatic heterocycles. The number of aromatic amines is 1. The number of nitrogens with zero attached hydrogens (tertiary/aromatic N) is 2. The van der Waals surface area contributed by atoms with Crippen molar-refractivity contribution in [3.05, 3.63) is 52.8 Å². The molecule has 1 aliphatic rings. The SMILES string of the molecule is Cc1cc(C[C@@H]2CN(C(=O)c3cccc(C(F)(F)F)c3)C[C@H]2O)n[nH]1. The number of β-amino-alcohol motifs (C(OH)–C–C–N with tert-alkyl or cyclic N) is 1. The van der Waals surface area contributed by atoms with Gasteiger partial charge in [0.2, 0.25) is 0 Å². The predicted octanol–water partition coefficient (Wildman–Crippen LogP) is 2.41. The summed E-state index contributed by atoms with van der Waals surface area (Å²) < 4.78 is 38.4. The first-order valence-corrected chi connectivity index (χ1v) is 7.89. The van der Waals surface area contributed by atoms with Gasteiger partial charge in [0, 0.05) is 30.3 Å². The van der Waals surface area contributed by atoms with Crippen molar-refractivity contribution in [1.82, 2.24) is 15.1 Å². The summed E-state index contributed by atoms with van der Waals surface area (Å²) in [6.45, 7) is 2.25. The Bertz CT molecular complexity index is 772. The summed E-state index contributed by atoms with van der Waals surface area (Å²) in [7, 11) is 0. The van der Waals surface area contributed by atoms with E-state index in [4.69, 9.17) is 0 Å². The lowest BCUT2D eigenvalue weighted by Gasteiger charge is -2.17. The van der Waals surface area contributed by atoms with Gasteiger partial charge in [0.05, 0.1) is 17.4 Å². The van der Waals surface area contributed by atoms with Gasteiger partial charge in [-0.1, -0.05) is 6.07 Å². The molecule has 5 nitrogen and oxygen atoms in total. The third-order valence-electron chi connectivity index (χ3n) is 4.36. The van der Waals surface area contributed by atoms with Gasteiger partial charge in [-0.25, -0.2) is 0 Å². The Balaban J connectivity index is 1.71. The lowest BCUT2D eigenvalue weighted by atomic mass is 10.00. The van der Waals surface area contributed by atoms with E-state index in [2.05, 4.69) is 10.2 Å². The van der Waals surface area contributed by atoms with Crippen LogP contribution < -0.4 is 0 Å². The number of aliphatic hydroxyl groups is 1. The number of benzene rings is 1. The minimum atomic E-state index is -4.50. The normalized spacial score (nSPS) is 20.9. The molecule has 0 bridgehead atoms. The van der Waals surface area contributed by atoms with E-state index in [0.717, 1.165) is 23.5 Å². The standard InChI is InChI=1S/C17H18F3N3O2/c1-10-5-14(22-21-10)7-12-8-23(9-15(12)24)16(25)11-3-2-4-13(6-11)17(18,19)20/h2-6,12,15,24H,7-9H2,1H3,(H,21,22)/t12-,15-/m1/s1. The van der Waals surface area contributed by atoms with Crippen molar-refractivity contribution in [3.63, 3.8) is 0 Å². The Morgan fingerprint density at radius 3 is 2.76 bits per heavy atom. The molecule has 134 valence electrons. The number of likely N-dealkylation sites (tertiary alicyclic amines) is 1. The van der Waals surface area contributed by atoms with Crippen LogP contribution in [0.1, 0.15) is 27.3 Å². The Morgan fingerprint density at radius 2 is 2.12 bits per heavy atom. The molecule has 1 fully saturated rings. The van der Waals surface area contributed by atoms with Gasteiger partial charge in [0.15, 0.2) is 0 Å². The van der Waals surface area contributed by atoms with Gasteiger partial charge >= 0.3 is 6.18 Å². The molecule has 1 aliphatic heterocycles. The number of alkyl halides is 3. The molecule has 3 rings (SSSR count). The number of rotatable bonds is 3. The number of H-pyrrole nitrogens is 1. The van der Waals surface area contributed by atoms with Crippen LogP contribution in [0.3, 0.4) is 0 Å². The fourth-order valence-corrected chi connectivity index (χ4v) is 3.08. The van der Waals surface area contributed by atoms with E-state index < -0.39 is 23.8 Å². The van der Waals surface area contributed by atoms with E-state index in [0.29, 0.717) is 6.42 Å². The zero-order valence-electron chi connectivity index (χ0n) is 13.5. The molecule has 0 spiro atoms. The third-order valence-corrected chi connectivity index (χ3v) is 4.36. The largest absolute Gasteiger partial charge is 0.416 e. The van der Waals surface area contributed by atoms with Gasteiger partial charge < -0.3 is 10.0 Å². The quantitative estimate of drug-likeness (QED) is 0.890. The van der Waals surface area contributed by atoms with Gasteiger partial charge in [-0.15, -0.1) is 0 Å². The summed E-state index contributed by atoms with van der Waals surface area (Å²) in [5.74, 6) is -0.705. The number of amides is 1. The number of hydrogen-bond donors (Lipinski definition) is 2. The number of aryl methyl sites for hydroxylation is 1. The number of hydrogen-bond acceptors (Lipinski definition) is 3. The molecule has 1 saturated heterocycles. The lowest BCUT2D eigenvalue weighted by molar-refractivity contribution is -0.137. The second-order valence-electron chi connectivity index (χ2n) is 6.36. The maximum Gasteiger partial charge on any atom is 0.416 e. The molecule has 0 unspecified atom stereocenters. The molecule has 1 aromatic carbocycles. The van der Waals surface area contributed by atoms with Crippen molar-refractivity contribution in [1.29, 1.82) is 0 Å². The molecule has 2 heterocycles. The first-order valence-electron chi connectivity index (χ1n) is 7.89. The summed E-state index contributed by atoms with van der Waals surface area (Å²) >= 11 is 0. The third kappa shape index (κ3) is 3.84. The van der Waals surface area contributed by atoms with Crippen LogP contribution in [0, 0.1) is 12.8 Å². The zero-order valence-corrected chi connectivity index (χ0v) is 13.5. The highest BCUT2D eigenvalue weighted by atomic mass is 19.4. The number of nitrogens with one attached hydrogen (secondary N) is 1. The van der Waals surface area contributed by atoms with Gasteiger partial charge in [-0.05, 0) is 37.6 Å². The van der Waals surface area contributed by atoms with Crippen molar-refractivity contribution in [2.75, 3.05) is 13.1 Å². The highest BCUT2D eigenvalue weighted by Crippen LogP contribution is 2.30. The molecule has 0 saturated carbocycles. The maximum atomic E-state index is 12.8. The highest BCUT2D eigenvalue weighted by molar-refractivity contribution is 5.94. The van der Waals surface area contributed by atoms with E-state index in [1.54, 1.807) is 0 Å². The molecule has 0 aliphatic carbocycles. The van der Waals surface area contributed by atoms with Crippen molar-refractivity contribution < 1.29 is 23.1 Å². The molecule has 2 atom stereocenters. The first kappa shape index (κ1) is 17.5. The molecular formula is C17H18F3N3O2. The second-order valence-corrected chi connectivity index (χ2v) is 6.36. The van der Waals surface area contributed by atoms with Crippen molar-refractivity contribution in [3.8, 4) is 0 Å². The summed E-state index contributed by atoms with van der Waals surface area (Å²) in [4.78, 5) is 13.9. The van der Waals surface area contributed by atoms with Crippen LogP contribution in [-0.4, -0.2) is 45.3 Å². The molecular weight excluding hydrogens is 335 g/mol. The molecule has 2 N–H and O–H groups in total. The average molecular weight is 353 g/mol. The monoisotopic (exact) mass is 353 g/mol. The predicted molar refractivity (Wildman–Crippen MR) is 83.9 cm³/mol. The topological polar surface area (TPSA) is 69.2 Å². The maximum absolute atomic E-state index is 12.8. The van der Waals surface area contributed by atoms with E-state index in [-0.39, 0.29) is 24.6 Å². The number of aromatic nitrogens is 2. The number of halogens is 3. The molecule has 1 amide bonds. The molecule has 2 aromatic rings. The van der Waals surface area contributed by atoms with Crippen molar-refractivity contribution in [2.45, 2.75) is 25.6 Å². The fraction of sp³-hybridized carbons (Fsp3) is 0.412. The van der Waals surface area contributed by atoms with Crippen LogP contribution in [0.25, 0.3) is 0 Å². The summed E-state index contributed by atoms with van der Waals surface area (Å²) in [6.07, 6.45) is -4.73. The summed E-state index contributed by atoms with van der Waals surface area (Å²) in [5.41, 5.74) is 0.800. The first-order chi connectivity index (χ1) is 11.7. The Kier molecular flexibility index (Phi) is 4.55. The number of aliphatic hydroxyl groups excluding tert-OH is 1.